The second-order valence-electron chi connectivity index (χ2n) is 8.00. The third-order valence-electron chi connectivity index (χ3n) is 5.60. The van der Waals surface area contributed by atoms with Crippen LogP contribution in [0.25, 0.3) is 33.6 Å². The highest BCUT2D eigenvalue weighted by Gasteiger charge is 2.29. The summed E-state index contributed by atoms with van der Waals surface area (Å²) in [7, 11) is 1.39. The molecule has 0 atom stereocenters. The molecule has 0 saturated heterocycles. The van der Waals surface area contributed by atoms with Crippen molar-refractivity contribution < 1.29 is 36.7 Å². The molecule has 0 bridgehead atoms. The van der Waals surface area contributed by atoms with Crippen LogP contribution < -0.4 is 5.32 Å². The monoisotopic (exact) mass is 501 g/mol. The molecule has 1 aromatic carbocycles. The molecule has 2 N–H and O–H groups in total. The third kappa shape index (κ3) is 4.90. The van der Waals surface area contributed by atoms with Gasteiger partial charge in [-0.1, -0.05) is 0 Å². The number of pyridine rings is 2. The van der Waals surface area contributed by atoms with E-state index in [2.05, 4.69) is 15.3 Å². The summed E-state index contributed by atoms with van der Waals surface area (Å²) in [5.41, 5.74) is 0.808. The smallest absolute Gasteiger partial charge is 0.389 e. The van der Waals surface area contributed by atoms with Crippen molar-refractivity contribution in [1.29, 1.82) is 0 Å². The number of hydrogen-bond donors (Lipinski definition) is 2. The molecule has 0 saturated carbocycles. The second kappa shape index (κ2) is 9.40. The first-order valence-electron chi connectivity index (χ1n) is 10.7. The van der Waals surface area contributed by atoms with Gasteiger partial charge in [-0.25, -0.2) is 14.2 Å². The zero-order valence-corrected chi connectivity index (χ0v) is 19.0. The van der Waals surface area contributed by atoms with Crippen LogP contribution in [0.5, 0.6) is 0 Å². The Morgan fingerprint density at radius 3 is 2.42 bits per heavy atom. The lowest BCUT2D eigenvalue weighted by Crippen LogP contribution is -2.18. The number of nitrogens with one attached hydrogen (secondary N) is 1. The highest BCUT2D eigenvalue weighted by atomic mass is 19.4. The summed E-state index contributed by atoms with van der Waals surface area (Å²) in [6.45, 7) is 1.49. The normalized spacial score (nSPS) is 11.6. The summed E-state index contributed by atoms with van der Waals surface area (Å²) in [5.74, 6) is -2.26. The summed E-state index contributed by atoms with van der Waals surface area (Å²) < 4.78 is 58.5. The Labute approximate surface area is 201 Å². The molecular formula is C25H19F4N3O4. The largest absolute Gasteiger partial charge is 0.478 e. The second-order valence-corrected chi connectivity index (χ2v) is 8.00. The Kier molecular flexibility index (Phi) is 6.49. The number of halogens is 4. The van der Waals surface area contributed by atoms with Crippen molar-refractivity contribution in [3.63, 3.8) is 0 Å². The molecule has 1 amide bonds. The molecule has 0 aliphatic carbocycles. The Balaban J connectivity index is 2.00. The molecule has 0 fully saturated rings. The van der Waals surface area contributed by atoms with Gasteiger partial charge in [0.2, 0.25) is 5.71 Å². The van der Waals surface area contributed by atoms with E-state index in [0.29, 0.717) is 5.56 Å². The molecule has 3 aromatic heterocycles. The lowest BCUT2D eigenvalue weighted by Gasteiger charge is -2.12. The van der Waals surface area contributed by atoms with Gasteiger partial charge in [0.1, 0.15) is 11.6 Å². The average Bonchev–Trinajstić information content (AvgIpc) is 3.20. The third-order valence-corrected chi connectivity index (χ3v) is 5.60. The molecule has 4 aromatic rings. The van der Waals surface area contributed by atoms with Gasteiger partial charge in [-0.3, -0.25) is 9.78 Å². The Bertz CT molecular complexity index is 1480. The Morgan fingerprint density at radius 2 is 1.81 bits per heavy atom. The van der Waals surface area contributed by atoms with Crippen LogP contribution in [0, 0.1) is 12.7 Å². The Morgan fingerprint density at radius 1 is 1.11 bits per heavy atom. The number of fused-ring (bicyclic) bond motifs is 1. The molecule has 36 heavy (non-hydrogen) atoms. The van der Waals surface area contributed by atoms with E-state index in [4.69, 9.17) is 4.42 Å². The van der Waals surface area contributed by atoms with E-state index in [-0.39, 0.29) is 50.5 Å². The molecule has 0 radical (unpaired) electrons. The van der Waals surface area contributed by atoms with Gasteiger partial charge in [0.05, 0.1) is 27.9 Å². The number of carbonyl (C=O) groups is 2. The van der Waals surface area contributed by atoms with Gasteiger partial charge >= 0.3 is 12.1 Å². The number of aromatic carboxylic acids is 1. The first-order chi connectivity index (χ1) is 17.0. The van der Waals surface area contributed by atoms with E-state index in [0.717, 1.165) is 0 Å². The van der Waals surface area contributed by atoms with Crippen molar-refractivity contribution in [2.75, 3.05) is 7.05 Å². The highest BCUT2D eigenvalue weighted by molar-refractivity contribution is 6.11. The molecule has 186 valence electrons. The van der Waals surface area contributed by atoms with Crippen LogP contribution in [-0.2, 0) is 6.42 Å². The van der Waals surface area contributed by atoms with Crippen LogP contribution in [-0.4, -0.2) is 40.2 Å². The van der Waals surface area contributed by atoms with E-state index in [9.17, 15) is 32.3 Å². The van der Waals surface area contributed by atoms with Crippen molar-refractivity contribution in [2.45, 2.75) is 25.9 Å². The molecular weight excluding hydrogens is 482 g/mol. The minimum absolute atomic E-state index is 0.00956. The van der Waals surface area contributed by atoms with Crippen molar-refractivity contribution in [3.05, 3.63) is 70.9 Å². The summed E-state index contributed by atoms with van der Waals surface area (Å²) in [4.78, 5) is 32.8. The van der Waals surface area contributed by atoms with Crippen LogP contribution in [0.15, 0.2) is 47.0 Å². The van der Waals surface area contributed by atoms with Crippen molar-refractivity contribution in [2.24, 2.45) is 0 Å². The van der Waals surface area contributed by atoms with Gasteiger partial charge in [-0.2, -0.15) is 13.2 Å². The number of aryl methyl sites for hydroxylation is 2. The van der Waals surface area contributed by atoms with Gasteiger partial charge in [0.25, 0.3) is 5.91 Å². The van der Waals surface area contributed by atoms with Crippen LogP contribution in [0.4, 0.5) is 17.6 Å². The molecule has 0 unspecified atom stereocenters. The van der Waals surface area contributed by atoms with Gasteiger partial charge in [0, 0.05) is 36.4 Å². The summed E-state index contributed by atoms with van der Waals surface area (Å²) in [6, 6.07) is 7.88. The number of carboxylic acids is 1. The highest BCUT2D eigenvalue weighted by Crippen LogP contribution is 2.37. The predicted octanol–water partition coefficient (Wildman–Crippen LogP) is 5.56. The zero-order valence-electron chi connectivity index (χ0n) is 19.0. The van der Waals surface area contributed by atoms with E-state index in [1.807, 2.05) is 0 Å². The lowest BCUT2D eigenvalue weighted by molar-refractivity contribution is -0.134. The number of rotatable bonds is 6. The number of aromatic nitrogens is 2. The number of carboxylic acid groups (broad SMARTS) is 1. The number of alkyl halides is 3. The molecule has 0 aliphatic heterocycles. The SMILES string of the molecule is CNC(=O)c1c(-c2ccc(F)cc2)oc2nc(CCC(F)(F)F)c(-c3cnc(C)c(C(=O)O)c3)cc12. The van der Waals surface area contributed by atoms with Crippen molar-refractivity contribution >= 4 is 23.0 Å². The average molecular weight is 501 g/mol. The van der Waals surface area contributed by atoms with E-state index in [1.54, 1.807) is 0 Å². The van der Waals surface area contributed by atoms with Crippen LogP contribution in [0.3, 0.4) is 0 Å². The molecule has 11 heteroatoms. The van der Waals surface area contributed by atoms with Crippen LogP contribution in [0.2, 0.25) is 0 Å². The topological polar surface area (TPSA) is 105 Å². The van der Waals surface area contributed by atoms with Gasteiger partial charge in [-0.05, 0) is 49.7 Å². The minimum atomic E-state index is -4.47. The summed E-state index contributed by atoms with van der Waals surface area (Å²) in [5, 5.41) is 12.2. The molecule has 0 aliphatic rings. The maximum atomic E-state index is 13.5. The van der Waals surface area contributed by atoms with E-state index in [1.165, 1.54) is 56.6 Å². The number of benzene rings is 1. The number of hydrogen-bond acceptors (Lipinski definition) is 5. The molecule has 3 heterocycles. The van der Waals surface area contributed by atoms with Gasteiger partial charge < -0.3 is 14.8 Å². The van der Waals surface area contributed by atoms with Gasteiger partial charge in [-0.15, -0.1) is 0 Å². The maximum absolute atomic E-state index is 13.5. The first kappa shape index (κ1) is 24.8. The van der Waals surface area contributed by atoms with E-state index >= 15 is 0 Å². The maximum Gasteiger partial charge on any atom is 0.389 e. The van der Waals surface area contributed by atoms with Gasteiger partial charge in [0.15, 0.2) is 0 Å². The Hall–Kier alpha value is -4.28. The van der Waals surface area contributed by atoms with Crippen molar-refractivity contribution in [1.82, 2.24) is 15.3 Å². The van der Waals surface area contributed by atoms with Crippen LogP contribution >= 0.6 is 0 Å². The fourth-order valence-electron chi connectivity index (χ4n) is 3.81. The van der Waals surface area contributed by atoms with Crippen LogP contribution in [0.1, 0.15) is 38.5 Å². The van der Waals surface area contributed by atoms with Crippen molar-refractivity contribution in [3.8, 4) is 22.5 Å². The number of amides is 1. The quantitative estimate of drug-likeness (QED) is 0.335. The standard InChI is InChI=1S/C25H19F4N3O4/c1-12-16(24(34)35)9-14(11-31-12)17-10-18-20(22(33)30-2)21(13-3-5-15(26)6-4-13)36-23(18)32-19(17)7-8-25(27,28)29/h3-6,9-11H,7-8H2,1-2H3,(H,30,33)(H,34,35). The summed E-state index contributed by atoms with van der Waals surface area (Å²) >= 11 is 0. The summed E-state index contributed by atoms with van der Waals surface area (Å²) in [6.07, 6.45) is -4.84. The molecule has 7 nitrogen and oxygen atoms in total. The zero-order chi connectivity index (χ0) is 26.2. The fraction of sp³-hybridized carbons (Fsp3) is 0.200. The lowest BCUT2D eigenvalue weighted by atomic mass is 9.97. The minimum Gasteiger partial charge on any atom is -0.478 e. The predicted molar refractivity (Wildman–Crippen MR) is 122 cm³/mol. The number of nitrogens with zero attached hydrogens (tertiary/aromatic N) is 2. The number of furan rings is 1. The van der Waals surface area contributed by atoms with E-state index < -0.39 is 36.7 Å². The first-order valence-corrected chi connectivity index (χ1v) is 10.7. The molecule has 4 rings (SSSR count). The fourth-order valence-corrected chi connectivity index (χ4v) is 3.81. The number of carbonyl (C=O) groups excluding carboxylic acids is 1. The molecule has 0 spiro atoms.